The number of carbonyl (C=O) groups is 2. The Morgan fingerprint density at radius 2 is 1.70 bits per heavy atom. The third-order valence-electron chi connectivity index (χ3n) is 6.40. The highest BCUT2D eigenvalue weighted by atomic mass is 35.5. The highest BCUT2D eigenvalue weighted by molar-refractivity contribution is 7.94. The van der Waals surface area contributed by atoms with Crippen molar-refractivity contribution in [2.45, 2.75) is 25.3 Å². The van der Waals surface area contributed by atoms with E-state index < -0.39 is 32.3 Å². The van der Waals surface area contributed by atoms with Crippen molar-refractivity contribution in [2.24, 2.45) is 0 Å². The van der Waals surface area contributed by atoms with Gasteiger partial charge in [0, 0.05) is 16.3 Å². The molecule has 2 amide bonds. The van der Waals surface area contributed by atoms with E-state index >= 15 is 0 Å². The van der Waals surface area contributed by atoms with Crippen LogP contribution in [-0.4, -0.2) is 26.0 Å². The number of sulfone groups is 1. The van der Waals surface area contributed by atoms with Gasteiger partial charge in [0.15, 0.2) is 9.84 Å². The zero-order chi connectivity index (χ0) is 23.5. The van der Waals surface area contributed by atoms with Gasteiger partial charge < -0.3 is 4.90 Å². The molecule has 3 aromatic carbocycles. The summed E-state index contributed by atoms with van der Waals surface area (Å²) in [5, 5.41) is 0.516. The predicted molar refractivity (Wildman–Crippen MR) is 128 cm³/mol. The van der Waals surface area contributed by atoms with Crippen LogP contribution in [0.25, 0.3) is 0 Å². The van der Waals surface area contributed by atoms with E-state index in [1.807, 2.05) is 26.0 Å². The van der Waals surface area contributed by atoms with E-state index in [2.05, 4.69) is 0 Å². The Balaban J connectivity index is 1.74. The minimum absolute atomic E-state index is 0.128. The Labute approximate surface area is 197 Å². The number of hydrogen-bond donors (Lipinski definition) is 0. The normalized spacial score (nSPS) is 21.2. The van der Waals surface area contributed by atoms with Crippen LogP contribution in [0.4, 0.5) is 11.4 Å². The number of para-hydroxylation sites is 1. The molecule has 0 aromatic heterocycles. The van der Waals surface area contributed by atoms with Crippen molar-refractivity contribution in [3.8, 4) is 0 Å². The number of hydrogen-bond acceptors (Lipinski definition) is 4. The summed E-state index contributed by atoms with van der Waals surface area (Å²) in [5.74, 6) is -2.01. The summed E-state index contributed by atoms with van der Waals surface area (Å²) in [5.41, 5.74) is 3.80. The molecule has 0 aliphatic carbocycles. The predicted octanol–water partition coefficient (Wildman–Crippen LogP) is 4.12. The lowest BCUT2D eigenvalue weighted by Gasteiger charge is -2.33. The van der Waals surface area contributed by atoms with Gasteiger partial charge >= 0.3 is 0 Å². The Morgan fingerprint density at radius 1 is 0.939 bits per heavy atom. The van der Waals surface area contributed by atoms with Crippen LogP contribution in [0.2, 0.25) is 5.02 Å². The van der Waals surface area contributed by atoms with Crippen molar-refractivity contribution < 1.29 is 18.0 Å². The molecule has 1 atom stereocenters. The molecular weight excluding hydrogens is 460 g/mol. The first-order valence-corrected chi connectivity index (χ1v) is 12.5. The van der Waals surface area contributed by atoms with Gasteiger partial charge in [-0.15, -0.1) is 0 Å². The van der Waals surface area contributed by atoms with E-state index in [1.165, 1.54) is 9.80 Å². The maximum atomic E-state index is 14.1. The van der Waals surface area contributed by atoms with Crippen molar-refractivity contribution in [3.05, 3.63) is 94.0 Å². The Bertz CT molecular complexity index is 1440. The first kappa shape index (κ1) is 21.7. The number of carbonyl (C=O) groups excluding carboxylic acids is 2. The quantitative estimate of drug-likeness (QED) is 0.565. The van der Waals surface area contributed by atoms with Crippen molar-refractivity contribution in [2.75, 3.05) is 15.6 Å². The summed E-state index contributed by atoms with van der Waals surface area (Å²) in [6, 6.07) is 19.1. The van der Waals surface area contributed by atoms with Crippen LogP contribution in [0.5, 0.6) is 0 Å². The highest BCUT2D eigenvalue weighted by Crippen LogP contribution is 2.52. The molecule has 2 heterocycles. The van der Waals surface area contributed by atoms with Gasteiger partial charge in [-0.05, 0) is 60.9 Å². The number of benzene rings is 3. The van der Waals surface area contributed by atoms with Crippen LogP contribution < -0.4 is 9.80 Å². The van der Waals surface area contributed by atoms with Crippen LogP contribution in [0, 0.1) is 13.8 Å². The second-order valence-corrected chi connectivity index (χ2v) is 11.0. The smallest absolute Gasteiger partial charge is 0.274 e. The number of anilines is 2. The number of aryl methyl sites for hydroxylation is 2. The summed E-state index contributed by atoms with van der Waals surface area (Å²) in [4.78, 5) is 27.7. The second kappa shape index (κ2) is 7.43. The molecule has 3 aromatic rings. The Hall–Kier alpha value is -3.16. The van der Waals surface area contributed by atoms with Crippen LogP contribution in [-0.2, 0) is 30.8 Å². The summed E-state index contributed by atoms with van der Waals surface area (Å²) >= 11 is 6.13. The van der Waals surface area contributed by atoms with Crippen LogP contribution >= 0.6 is 11.6 Å². The third kappa shape index (κ3) is 3.03. The molecule has 2 aliphatic heterocycles. The molecule has 168 valence electrons. The molecule has 0 radical (unpaired) electrons. The molecule has 8 heteroatoms. The fourth-order valence-corrected chi connectivity index (χ4v) is 6.98. The van der Waals surface area contributed by atoms with E-state index in [1.54, 1.807) is 54.6 Å². The largest absolute Gasteiger partial charge is 0.304 e. The maximum Gasteiger partial charge on any atom is 0.274 e. The lowest BCUT2D eigenvalue weighted by Crippen LogP contribution is -2.54. The Morgan fingerprint density at radius 3 is 2.42 bits per heavy atom. The Kier molecular flexibility index (Phi) is 4.88. The molecule has 0 N–H and O–H groups in total. The fourth-order valence-electron chi connectivity index (χ4n) is 4.73. The van der Waals surface area contributed by atoms with Crippen molar-refractivity contribution in [1.29, 1.82) is 0 Å². The van der Waals surface area contributed by atoms with E-state index in [0.717, 1.165) is 16.7 Å². The zero-order valence-electron chi connectivity index (χ0n) is 18.1. The van der Waals surface area contributed by atoms with Crippen LogP contribution in [0.3, 0.4) is 0 Å². The first-order valence-electron chi connectivity index (χ1n) is 10.5. The van der Waals surface area contributed by atoms with Gasteiger partial charge in [-0.1, -0.05) is 48.0 Å². The summed E-state index contributed by atoms with van der Waals surface area (Å²) in [6.45, 7) is 3.94. The molecular formula is C25H21ClN2O4S. The minimum atomic E-state index is -4.19. The molecule has 0 saturated carbocycles. The average Bonchev–Trinajstić information content (AvgIpc) is 3.13. The minimum Gasteiger partial charge on any atom is -0.304 e. The monoisotopic (exact) mass is 480 g/mol. The molecule has 1 fully saturated rings. The van der Waals surface area contributed by atoms with Gasteiger partial charge in [0.25, 0.3) is 10.8 Å². The third-order valence-corrected chi connectivity index (χ3v) is 8.74. The maximum absolute atomic E-state index is 14.1. The molecule has 0 unspecified atom stereocenters. The van der Waals surface area contributed by atoms with Gasteiger partial charge in [0.2, 0.25) is 5.91 Å². The number of halogens is 1. The first-order chi connectivity index (χ1) is 15.7. The van der Waals surface area contributed by atoms with Gasteiger partial charge in [-0.3, -0.25) is 14.5 Å². The van der Waals surface area contributed by atoms with Gasteiger partial charge in [-0.25, -0.2) is 8.42 Å². The van der Waals surface area contributed by atoms with E-state index in [0.29, 0.717) is 22.0 Å². The van der Waals surface area contributed by atoms with E-state index in [9.17, 15) is 18.0 Å². The van der Waals surface area contributed by atoms with Gasteiger partial charge in [0.1, 0.15) is 5.75 Å². The molecule has 2 aliphatic rings. The second-order valence-electron chi connectivity index (χ2n) is 8.44. The highest BCUT2D eigenvalue weighted by Gasteiger charge is 2.69. The topological polar surface area (TPSA) is 74.8 Å². The fraction of sp³-hybridized carbons (Fsp3) is 0.200. The van der Waals surface area contributed by atoms with Crippen molar-refractivity contribution >= 4 is 44.6 Å². The number of rotatable bonds is 3. The number of fused-ring (bicyclic) bond motifs is 2. The molecule has 1 spiro atoms. The van der Waals surface area contributed by atoms with Gasteiger partial charge in [-0.2, -0.15) is 0 Å². The molecule has 1 saturated heterocycles. The SMILES string of the molecule is Cc1ccc(N2C(=O)CS(=O)(=O)[C@@]23C(=O)N(Cc2cccc(Cl)c2)c2ccccc23)cc1C. The standard InChI is InChI=1S/C25H21ClN2O4S/c1-16-10-11-20(12-17(16)2)28-23(29)15-33(31,32)25(28)21-8-3-4-9-22(21)27(24(25)30)14-18-6-5-7-19(26)13-18/h3-13H,14-15H2,1-2H3/t25-/m0/s1. The van der Waals surface area contributed by atoms with E-state index in [4.69, 9.17) is 11.6 Å². The summed E-state index contributed by atoms with van der Waals surface area (Å²) < 4.78 is 27.3. The molecule has 0 bridgehead atoms. The number of nitrogens with zero attached hydrogens (tertiary/aromatic N) is 2. The van der Waals surface area contributed by atoms with Crippen LogP contribution in [0.15, 0.2) is 66.7 Å². The van der Waals surface area contributed by atoms with Crippen molar-refractivity contribution in [3.63, 3.8) is 0 Å². The zero-order valence-corrected chi connectivity index (χ0v) is 19.7. The van der Waals surface area contributed by atoms with E-state index in [-0.39, 0.29) is 6.54 Å². The lowest BCUT2D eigenvalue weighted by molar-refractivity contribution is -0.123. The molecule has 6 nitrogen and oxygen atoms in total. The molecule has 5 rings (SSSR count). The van der Waals surface area contributed by atoms with Crippen LogP contribution in [0.1, 0.15) is 22.3 Å². The summed E-state index contributed by atoms with van der Waals surface area (Å²) in [7, 11) is -4.19. The van der Waals surface area contributed by atoms with Crippen molar-refractivity contribution in [1.82, 2.24) is 0 Å². The number of amides is 2. The molecule has 33 heavy (non-hydrogen) atoms. The summed E-state index contributed by atoms with van der Waals surface area (Å²) in [6.07, 6.45) is 0. The van der Waals surface area contributed by atoms with Gasteiger partial charge in [0.05, 0.1) is 12.2 Å². The lowest BCUT2D eigenvalue weighted by atomic mass is 10.0. The average molecular weight is 481 g/mol.